The van der Waals surface area contributed by atoms with E-state index in [1.165, 1.54) is 28.0 Å². The molecule has 1 fully saturated rings. The first kappa shape index (κ1) is 23.4. The maximum atomic E-state index is 11.9. The third-order valence-electron chi connectivity index (χ3n) is 2.76. The number of rotatable bonds is 8. The Balaban J connectivity index is 2.44. The van der Waals surface area contributed by atoms with Gasteiger partial charge in [0, 0.05) is 0 Å². The van der Waals surface area contributed by atoms with Gasteiger partial charge >= 0.3 is 0 Å². The lowest BCUT2D eigenvalue weighted by Crippen LogP contribution is -2.22. The normalized spacial score (nSPS) is 17.4. The van der Waals surface area contributed by atoms with E-state index in [4.69, 9.17) is 8.37 Å². The second kappa shape index (κ2) is 12.7. The molecule has 0 spiro atoms. The fourth-order valence-corrected chi connectivity index (χ4v) is 9.30. The van der Waals surface area contributed by atoms with E-state index in [1.807, 2.05) is 27.7 Å². The maximum Gasteiger partial charge on any atom is 0.283 e. The smallest absolute Gasteiger partial charge is 0.283 e. The molecule has 140 valence electrons. The molecule has 1 saturated carbocycles. The zero-order valence-electron chi connectivity index (χ0n) is 14.3. The van der Waals surface area contributed by atoms with Crippen LogP contribution in [0.1, 0.15) is 59.8 Å². The van der Waals surface area contributed by atoms with Gasteiger partial charge in [-0.1, -0.05) is 40.9 Å². The molecule has 0 atom stereocenters. The van der Waals surface area contributed by atoms with E-state index in [0.717, 1.165) is 49.8 Å². The molecule has 0 heterocycles. The lowest BCUT2D eigenvalue weighted by Gasteiger charge is -2.34. The molecule has 0 saturated heterocycles. The van der Waals surface area contributed by atoms with Crippen LogP contribution in [0.3, 0.4) is 0 Å². The quantitative estimate of drug-likeness (QED) is 0.209. The first-order valence-corrected chi connectivity index (χ1v) is 13.6. The first-order chi connectivity index (χ1) is 11.3. The van der Waals surface area contributed by atoms with Gasteiger partial charge in [0.25, 0.3) is 8.89 Å². The monoisotopic (exact) mass is 448 g/mol. The summed E-state index contributed by atoms with van der Waals surface area (Å²) in [6.45, 7) is 7.59. The summed E-state index contributed by atoms with van der Waals surface area (Å²) in [5.74, 6) is 0. The summed E-state index contributed by atoms with van der Waals surface area (Å²) in [4.78, 5) is 23.8. The molecule has 1 aliphatic rings. The first-order valence-electron chi connectivity index (χ1n) is 7.79. The molecule has 1 rings (SSSR count). The van der Waals surface area contributed by atoms with Gasteiger partial charge in [-0.3, -0.25) is 9.59 Å². The Labute approximate surface area is 169 Å². The number of hydrogen-bond donors (Lipinski definition) is 0. The molecule has 4 nitrogen and oxygen atoms in total. The van der Waals surface area contributed by atoms with Crippen LogP contribution in [0, 0.1) is 0 Å². The zero-order valence-corrected chi connectivity index (χ0v) is 19.2. The summed E-state index contributed by atoms with van der Waals surface area (Å²) in [5, 5.41) is 0. The van der Waals surface area contributed by atoms with E-state index < -0.39 is 0 Å². The summed E-state index contributed by atoms with van der Waals surface area (Å²) in [7, 11) is 5.61. The van der Waals surface area contributed by atoms with Crippen LogP contribution in [-0.4, -0.2) is 25.2 Å². The lowest BCUT2D eigenvalue weighted by atomic mass is 10.00. The van der Waals surface area contributed by atoms with Gasteiger partial charge in [0.05, 0.1) is 40.4 Å². The van der Waals surface area contributed by atoms with Crippen LogP contribution < -0.4 is 0 Å². The Morgan fingerprint density at radius 3 is 1.58 bits per heavy atom. The molecule has 0 radical (unpaired) electrons. The second-order valence-corrected chi connectivity index (χ2v) is 13.0. The van der Waals surface area contributed by atoms with Crippen molar-refractivity contribution in [2.75, 3.05) is 0 Å². The van der Waals surface area contributed by atoms with Gasteiger partial charge in [0.2, 0.25) is 0 Å². The van der Waals surface area contributed by atoms with Gasteiger partial charge in [-0.05, 0) is 62.1 Å². The third kappa shape index (κ3) is 10.5. The largest absolute Gasteiger partial charge is 0.305 e. The Morgan fingerprint density at radius 1 is 0.792 bits per heavy atom. The predicted octanol–water partition coefficient (Wildman–Crippen LogP) is 7.80. The van der Waals surface area contributed by atoms with Crippen LogP contribution in [-0.2, 0) is 8.37 Å². The van der Waals surface area contributed by atoms with Crippen LogP contribution in [0.15, 0.2) is 0 Å². The fourth-order valence-electron chi connectivity index (χ4n) is 1.79. The Hall–Kier alpha value is 1.36. The summed E-state index contributed by atoms with van der Waals surface area (Å²) < 4.78 is 10.4. The second-order valence-electron chi connectivity index (χ2n) is 5.76. The van der Waals surface area contributed by atoms with Gasteiger partial charge in [-0.25, -0.2) is 0 Å². The summed E-state index contributed by atoms with van der Waals surface area (Å²) >= 11 is 1.81. The Kier molecular flexibility index (Phi) is 12.4. The molecule has 0 amide bonds. The van der Waals surface area contributed by atoms with Crippen LogP contribution in [0.4, 0.5) is 9.59 Å². The SMILES string of the molecule is CC(C)OSC(=O)SSC1(SSC(=O)SOC(C)C)CCCCC1. The molecular weight excluding hydrogens is 425 g/mol. The van der Waals surface area contributed by atoms with Crippen molar-refractivity contribution < 1.29 is 18.0 Å². The summed E-state index contributed by atoms with van der Waals surface area (Å²) in [5.41, 5.74) is 0. The molecule has 0 aromatic carbocycles. The summed E-state index contributed by atoms with van der Waals surface area (Å²) in [6.07, 6.45) is 5.55. The highest BCUT2D eigenvalue weighted by atomic mass is 33.1. The molecule has 0 aliphatic heterocycles. The van der Waals surface area contributed by atoms with Crippen molar-refractivity contribution in [1.29, 1.82) is 0 Å². The van der Waals surface area contributed by atoms with Crippen molar-refractivity contribution in [3.8, 4) is 0 Å². The Bertz CT molecular complexity index is 369. The van der Waals surface area contributed by atoms with Gasteiger partial charge in [-0.15, -0.1) is 0 Å². The van der Waals surface area contributed by atoms with Gasteiger partial charge < -0.3 is 8.37 Å². The van der Waals surface area contributed by atoms with E-state index >= 15 is 0 Å². The average Bonchev–Trinajstić information content (AvgIpc) is 2.55. The molecule has 10 heteroatoms. The molecular formula is C14H24O4S6. The minimum Gasteiger partial charge on any atom is -0.305 e. The van der Waals surface area contributed by atoms with Gasteiger partial charge in [-0.2, -0.15) is 0 Å². The number of hydrogen-bond acceptors (Lipinski definition) is 10. The van der Waals surface area contributed by atoms with E-state index in [1.54, 1.807) is 21.6 Å². The van der Waals surface area contributed by atoms with Gasteiger partial charge in [0.15, 0.2) is 0 Å². The zero-order chi connectivity index (χ0) is 18.0. The fraction of sp³-hybridized carbons (Fsp3) is 0.857. The van der Waals surface area contributed by atoms with Crippen molar-refractivity contribution in [3.63, 3.8) is 0 Å². The van der Waals surface area contributed by atoms with E-state index in [0.29, 0.717) is 0 Å². The van der Waals surface area contributed by atoms with Crippen molar-refractivity contribution >= 4 is 76.2 Å². The minimum absolute atomic E-state index is 0.0220. The molecule has 0 N–H and O–H groups in total. The average molecular weight is 449 g/mol. The molecule has 0 bridgehead atoms. The molecule has 24 heavy (non-hydrogen) atoms. The topological polar surface area (TPSA) is 52.6 Å². The maximum absolute atomic E-state index is 11.9. The van der Waals surface area contributed by atoms with E-state index in [-0.39, 0.29) is 25.2 Å². The summed E-state index contributed by atoms with van der Waals surface area (Å²) in [6, 6.07) is 0. The molecule has 0 unspecified atom stereocenters. The van der Waals surface area contributed by atoms with Crippen molar-refractivity contribution in [2.45, 2.75) is 76.1 Å². The van der Waals surface area contributed by atoms with Crippen LogP contribution in [0.2, 0.25) is 0 Å². The third-order valence-corrected chi connectivity index (χ3v) is 11.8. The van der Waals surface area contributed by atoms with Crippen LogP contribution in [0.5, 0.6) is 0 Å². The molecule has 0 aromatic rings. The van der Waals surface area contributed by atoms with Gasteiger partial charge in [0.1, 0.15) is 0 Å². The predicted molar refractivity (Wildman–Crippen MR) is 115 cm³/mol. The van der Waals surface area contributed by atoms with E-state index in [9.17, 15) is 9.59 Å². The van der Waals surface area contributed by atoms with Crippen LogP contribution >= 0.6 is 67.3 Å². The molecule has 1 aliphatic carbocycles. The van der Waals surface area contributed by atoms with Crippen molar-refractivity contribution in [1.82, 2.24) is 0 Å². The number of carbonyl (C=O) groups excluding carboxylic acids is 2. The highest BCUT2D eigenvalue weighted by Gasteiger charge is 2.36. The van der Waals surface area contributed by atoms with Crippen LogP contribution in [0.25, 0.3) is 0 Å². The standard InChI is InChI=1S/C14H24O4S6/c1-10(2)17-19-12(15)21-23-14(8-6-5-7-9-14)24-22-13(16)20-18-11(3)4/h10-11H,5-9H2,1-4H3. The van der Waals surface area contributed by atoms with Crippen molar-refractivity contribution in [2.24, 2.45) is 0 Å². The lowest BCUT2D eigenvalue weighted by molar-refractivity contribution is 0.266. The Morgan fingerprint density at radius 2 is 1.21 bits per heavy atom. The number of carbonyl (C=O) groups is 2. The van der Waals surface area contributed by atoms with Crippen molar-refractivity contribution in [3.05, 3.63) is 0 Å². The highest BCUT2D eigenvalue weighted by Crippen LogP contribution is 2.58. The highest BCUT2D eigenvalue weighted by molar-refractivity contribution is 8.93. The molecule has 0 aromatic heterocycles. The minimum atomic E-state index is -0.102. The van der Waals surface area contributed by atoms with E-state index in [2.05, 4.69) is 0 Å².